The maximum absolute atomic E-state index is 13.6. The molecule has 112 valence electrons. The molecule has 0 aliphatic heterocycles. The Hall–Kier alpha value is -1.21. The van der Waals surface area contributed by atoms with Gasteiger partial charge in [0.2, 0.25) is 10.0 Å². The molecule has 0 radical (unpaired) electrons. The standard InChI is InChI=1S/C13H18F2N2O2S/c14-11-7-10(16)8-12(13(11)15)20(18,19)17-6-5-9-3-1-2-4-9/h7-9,17H,1-6,16H2. The summed E-state index contributed by atoms with van der Waals surface area (Å²) in [5, 5.41) is 0. The van der Waals surface area contributed by atoms with Gasteiger partial charge in [-0.15, -0.1) is 0 Å². The highest BCUT2D eigenvalue weighted by Crippen LogP contribution is 2.27. The third-order valence-corrected chi connectivity index (χ3v) is 5.09. The molecule has 1 aliphatic carbocycles. The Bertz CT molecular complexity index is 584. The molecular formula is C13H18F2N2O2S. The third kappa shape index (κ3) is 3.46. The average molecular weight is 304 g/mol. The van der Waals surface area contributed by atoms with E-state index >= 15 is 0 Å². The van der Waals surface area contributed by atoms with Crippen molar-refractivity contribution in [1.29, 1.82) is 0 Å². The van der Waals surface area contributed by atoms with E-state index in [9.17, 15) is 17.2 Å². The van der Waals surface area contributed by atoms with E-state index in [1.165, 1.54) is 12.8 Å². The average Bonchev–Trinajstić information content (AvgIpc) is 2.86. The molecule has 0 spiro atoms. The lowest BCUT2D eigenvalue weighted by Crippen LogP contribution is -2.27. The zero-order valence-electron chi connectivity index (χ0n) is 11.0. The van der Waals surface area contributed by atoms with Crippen LogP contribution in [0.15, 0.2) is 17.0 Å². The number of halogens is 2. The fourth-order valence-electron chi connectivity index (χ4n) is 2.55. The first-order valence-electron chi connectivity index (χ1n) is 6.64. The fourth-order valence-corrected chi connectivity index (χ4v) is 3.72. The van der Waals surface area contributed by atoms with Gasteiger partial charge in [-0.25, -0.2) is 21.9 Å². The van der Waals surface area contributed by atoms with Gasteiger partial charge in [0.25, 0.3) is 0 Å². The summed E-state index contributed by atoms with van der Waals surface area (Å²) < 4.78 is 53.0. The van der Waals surface area contributed by atoms with Crippen LogP contribution >= 0.6 is 0 Å². The van der Waals surface area contributed by atoms with Crippen LogP contribution in [0.5, 0.6) is 0 Å². The van der Waals surface area contributed by atoms with Crippen LogP contribution in [0, 0.1) is 17.6 Å². The molecule has 1 aliphatic rings. The smallest absolute Gasteiger partial charge is 0.243 e. The van der Waals surface area contributed by atoms with Crippen LogP contribution in [0.2, 0.25) is 0 Å². The summed E-state index contributed by atoms with van der Waals surface area (Å²) in [7, 11) is -4.07. The Morgan fingerprint density at radius 2 is 1.90 bits per heavy atom. The summed E-state index contributed by atoms with van der Waals surface area (Å²) in [6, 6.07) is 1.68. The molecule has 1 fully saturated rings. The molecule has 0 heterocycles. The van der Waals surface area contributed by atoms with Crippen LogP contribution in [0.4, 0.5) is 14.5 Å². The predicted molar refractivity (Wildman–Crippen MR) is 72.5 cm³/mol. The van der Waals surface area contributed by atoms with Gasteiger partial charge in [0, 0.05) is 12.2 Å². The van der Waals surface area contributed by atoms with Crippen LogP contribution in [0.25, 0.3) is 0 Å². The minimum Gasteiger partial charge on any atom is -0.399 e. The fraction of sp³-hybridized carbons (Fsp3) is 0.538. The van der Waals surface area contributed by atoms with Gasteiger partial charge in [-0.05, 0) is 24.5 Å². The van der Waals surface area contributed by atoms with E-state index in [1.54, 1.807) is 0 Å². The summed E-state index contributed by atoms with van der Waals surface area (Å²) >= 11 is 0. The van der Waals surface area contributed by atoms with Crippen molar-refractivity contribution in [2.24, 2.45) is 5.92 Å². The summed E-state index contributed by atoms with van der Waals surface area (Å²) in [6.07, 6.45) is 5.26. The minimum absolute atomic E-state index is 0.125. The molecule has 0 atom stereocenters. The molecule has 0 unspecified atom stereocenters. The Morgan fingerprint density at radius 1 is 1.25 bits per heavy atom. The lowest BCUT2D eigenvalue weighted by atomic mass is 10.1. The maximum atomic E-state index is 13.6. The van der Waals surface area contributed by atoms with Crippen molar-refractivity contribution in [3.05, 3.63) is 23.8 Å². The Labute approximate surface area is 117 Å². The van der Waals surface area contributed by atoms with Crippen molar-refractivity contribution in [3.8, 4) is 0 Å². The number of nitrogens with one attached hydrogen (secondary N) is 1. The normalized spacial score (nSPS) is 16.7. The highest BCUT2D eigenvalue weighted by atomic mass is 32.2. The Morgan fingerprint density at radius 3 is 2.55 bits per heavy atom. The van der Waals surface area contributed by atoms with E-state index in [2.05, 4.69) is 4.72 Å². The number of hydrogen-bond acceptors (Lipinski definition) is 3. The molecule has 0 amide bonds. The topological polar surface area (TPSA) is 72.2 Å². The molecule has 0 aromatic heterocycles. The molecule has 0 saturated heterocycles. The molecule has 1 saturated carbocycles. The molecule has 2 rings (SSSR count). The van der Waals surface area contributed by atoms with E-state index in [1.807, 2.05) is 0 Å². The lowest BCUT2D eigenvalue weighted by Gasteiger charge is -2.11. The van der Waals surface area contributed by atoms with Crippen LogP contribution in [-0.2, 0) is 10.0 Å². The van der Waals surface area contributed by atoms with Crippen molar-refractivity contribution in [2.45, 2.75) is 37.0 Å². The van der Waals surface area contributed by atoms with Gasteiger partial charge in [0.05, 0.1) is 0 Å². The first kappa shape index (κ1) is 15.2. The van der Waals surface area contributed by atoms with Gasteiger partial charge in [0.1, 0.15) is 4.90 Å². The van der Waals surface area contributed by atoms with Crippen LogP contribution < -0.4 is 10.5 Å². The van der Waals surface area contributed by atoms with Crippen LogP contribution in [0.1, 0.15) is 32.1 Å². The third-order valence-electron chi connectivity index (χ3n) is 3.63. The van der Waals surface area contributed by atoms with Crippen molar-refractivity contribution in [1.82, 2.24) is 4.72 Å². The molecule has 1 aromatic rings. The SMILES string of the molecule is Nc1cc(F)c(F)c(S(=O)(=O)NCCC2CCCC2)c1. The number of sulfonamides is 1. The molecule has 3 N–H and O–H groups in total. The van der Waals surface area contributed by atoms with E-state index in [-0.39, 0.29) is 12.2 Å². The number of nitrogen functional groups attached to an aromatic ring is 1. The monoisotopic (exact) mass is 304 g/mol. The van der Waals surface area contributed by atoms with Gasteiger partial charge in [-0.3, -0.25) is 0 Å². The molecule has 1 aromatic carbocycles. The summed E-state index contributed by atoms with van der Waals surface area (Å²) in [5.41, 5.74) is 5.23. The number of hydrogen-bond donors (Lipinski definition) is 2. The molecule has 4 nitrogen and oxygen atoms in total. The van der Waals surface area contributed by atoms with E-state index < -0.39 is 26.6 Å². The quantitative estimate of drug-likeness (QED) is 0.821. The van der Waals surface area contributed by atoms with Gasteiger partial charge >= 0.3 is 0 Å². The van der Waals surface area contributed by atoms with Crippen LogP contribution in [0.3, 0.4) is 0 Å². The van der Waals surface area contributed by atoms with E-state index in [4.69, 9.17) is 5.73 Å². The van der Waals surface area contributed by atoms with E-state index in [0.29, 0.717) is 12.3 Å². The molecule has 7 heteroatoms. The second-order valence-corrected chi connectivity index (χ2v) is 6.89. The van der Waals surface area contributed by atoms with Crippen molar-refractivity contribution in [3.63, 3.8) is 0 Å². The van der Waals surface area contributed by atoms with Gasteiger partial charge in [-0.2, -0.15) is 0 Å². The lowest BCUT2D eigenvalue weighted by molar-refractivity contribution is 0.478. The predicted octanol–water partition coefficient (Wildman–Crippen LogP) is 2.41. The summed E-state index contributed by atoms with van der Waals surface area (Å²) in [5.74, 6) is -2.14. The maximum Gasteiger partial charge on any atom is 0.243 e. The molecule has 20 heavy (non-hydrogen) atoms. The van der Waals surface area contributed by atoms with Crippen molar-refractivity contribution >= 4 is 15.7 Å². The van der Waals surface area contributed by atoms with Crippen molar-refractivity contribution in [2.75, 3.05) is 12.3 Å². The van der Waals surface area contributed by atoms with Gasteiger partial charge in [-0.1, -0.05) is 25.7 Å². The largest absolute Gasteiger partial charge is 0.399 e. The minimum atomic E-state index is -4.07. The molecule has 0 bridgehead atoms. The number of benzene rings is 1. The van der Waals surface area contributed by atoms with Gasteiger partial charge < -0.3 is 5.73 Å². The number of nitrogens with two attached hydrogens (primary N) is 1. The summed E-state index contributed by atoms with van der Waals surface area (Å²) in [4.78, 5) is -0.735. The zero-order chi connectivity index (χ0) is 14.8. The number of anilines is 1. The first-order valence-corrected chi connectivity index (χ1v) is 8.12. The second-order valence-electron chi connectivity index (χ2n) is 5.15. The van der Waals surface area contributed by atoms with Crippen LogP contribution in [-0.4, -0.2) is 15.0 Å². The van der Waals surface area contributed by atoms with Crippen molar-refractivity contribution < 1.29 is 17.2 Å². The van der Waals surface area contributed by atoms with E-state index in [0.717, 1.165) is 25.0 Å². The first-order chi connectivity index (χ1) is 9.40. The molecular weight excluding hydrogens is 286 g/mol. The Balaban J connectivity index is 2.06. The highest BCUT2D eigenvalue weighted by Gasteiger charge is 2.23. The zero-order valence-corrected chi connectivity index (χ0v) is 11.8. The van der Waals surface area contributed by atoms with Gasteiger partial charge in [0.15, 0.2) is 11.6 Å². The summed E-state index contributed by atoms with van der Waals surface area (Å²) in [6.45, 7) is 0.225. The second kappa shape index (κ2) is 6.05. The highest BCUT2D eigenvalue weighted by molar-refractivity contribution is 7.89. The number of rotatable bonds is 5. The Kier molecular flexibility index (Phi) is 4.59.